The summed E-state index contributed by atoms with van der Waals surface area (Å²) in [5, 5.41) is 35.2. The van der Waals surface area contributed by atoms with E-state index in [9.17, 15) is 71.4 Å². The molecule has 3 aliphatic rings. The van der Waals surface area contributed by atoms with Gasteiger partial charge in [-0.05, 0) is 93.6 Å². The maximum Gasteiger partial charge on any atom is 0.327 e. The number of aliphatic carboxylic acids is 2. The lowest BCUT2D eigenvalue weighted by Crippen LogP contribution is -2.54. The van der Waals surface area contributed by atoms with Crippen molar-refractivity contribution in [3.05, 3.63) is 121 Å². The molecule has 0 fully saturated rings. The van der Waals surface area contributed by atoms with Crippen LogP contribution < -0.4 is 43.2 Å². The molecule has 7 heterocycles. The highest BCUT2D eigenvalue weighted by molar-refractivity contribution is 8.76. The van der Waals surface area contributed by atoms with Crippen LogP contribution in [-0.2, 0) is 55.0 Å². The largest absolute Gasteiger partial charge is 0.480 e. The number of carboxylic acid groups (broad SMARTS) is 2. The fraction of sp³-hybridized carbons (Fsp3) is 0.415. The lowest BCUT2D eigenvalue weighted by molar-refractivity contribution is -0.142. The number of Topliss-reactive ketones (excluding diaryl/α,β-unsaturated/α-hetero) is 2. The number of aryl methyl sites for hydroxylation is 2. The number of ketones is 2. The zero-order chi connectivity index (χ0) is 72.6. The SMILES string of the molecule is CC[C@H]1c2cc3[nH]c4c(c3C)C(=O)C(C(=O)OC)c4c3nc(cc4[nH]c(cc(n2)[C@@H]1C)c(C(C)=O)c4C)[C@@H](C)[C@@H]3CCC(=O)NCCSSC[C@H](NC(=O)[C@H](CC(=O)NCCS(=O)(=O)O)NC(=O)CC[C@H](NC(=O)c1ccc(NCc2cnc3nc(N)[nH]c(=O)c3n2)cc1)C(=O)O)C(=O)O. The number of nitrogens with two attached hydrogens (primary N) is 1. The van der Waals surface area contributed by atoms with Crippen LogP contribution in [0.3, 0.4) is 0 Å². The Morgan fingerprint density at radius 1 is 0.750 bits per heavy atom. The van der Waals surface area contributed by atoms with Crippen molar-refractivity contribution in [2.75, 3.05) is 48.5 Å². The summed E-state index contributed by atoms with van der Waals surface area (Å²) in [4.78, 5) is 178. The van der Waals surface area contributed by atoms with Gasteiger partial charge in [-0.3, -0.25) is 62.7 Å². The maximum absolute atomic E-state index is 14.5. The van der Waals surface area contributed by atoms with E-state index in [1.165, 1.54) is 44.5 Å². The molecule has 6 aromatic rings. The smallest absolute Gasteiger partial charge is 0.327 e. The third kappa shape index (κ3) is 17.3. The van der Waals surface area contributed by atoms with Gasteiger partial charge >= 0.3 is 17.9 Å². The van der Waals surface area contributed by atoms with Gasteiger partial charge in [0.15, 0.2) is 22.7 Å². The number of hydrogen-bond acceptors (Lipinski definition) is 23. The number of esters is 1. The van der Waals surface area contributed by atoms with Crippen molar-refractivity contribution in [1.82, 2.24) is 66.5 Å². The van der Waals surface area contributed by atoms with Gasteiger partial charge in [0.2, 0.25) is 29.6 Å². The molecule has 35 heteroatoms. The number of carbonyl (C=O) groups excluding carboxylic acids is 8. The second kappa shape index (κ2) is 31.8. The third-order valence-corrected chi connectivity index (χ3v) is 20.8. The summed E-state index contributed by atoms with van der Waals surface area (Å²) < 4.78 is 37.0. The predicted molar refractivity (Wildman–Crippen MR) is 369 cm³/mol. The number of anilines is 2. The van der Waals surface area contributed by atoms with Crippen LogP contribution in [0.25, 0.3) is 33.2 Å². The molecule has 530 valence electrons. The Bertz CT molecular complexity index is 4640. The number of nitrogen functional groups attached to an aromatic ring is 1. The Balaban J connectivity index is 0.813. The van der Waals surface area contributed by atoms with Crippen LogP contribution >= 0.6 is 21.6 Å². The highest BCUT2D eigenvalue weighted by Gasteiger charge is 2.46. The fourth-order valence-electron chi connectivity index (χ4n) is 12.4. The predicted octanol–water partition coefficient (Wildman–Crippen LogP) is 4.38. The molecule has 0 saturated heterocycles. The summed E-state index contributed by atoms with van der Waals surface area (Å²) in [6, 6.07) is 6.38. The van der Waals surface area contributed by atoms with Crippen molar-refractivity contribution in [2.24, 2.45) is 0 Å². The van der Waals surface area contributed by atoms with E-state index in [1.807, 2.05) is 39.0 Å². The summed E-state index contributed by atoms with van der Waals surface area (Å²) >= 11 is 0. The van der Waals surface area contributed by atoms with Crippen LogP contribution in [0.4, 0.5) is 11.6 Å². The normalized spacial score (nSPS) is 17.2. The minimum Gasteiger partial charge on any atom is -0.480 e. The number of aromatic amines is 3. The number of ether oxygens (including phenoxy) is 1. The van der Waals surface area contributed by atoms with Crippen molar-refractivity contribution in [2.45, 2.75) is 134 Å². The standard InChI is InChI=1S/C65H75N15O17S3/c1-8-36-28(2)39-23-44-50(32(6)81)30(4)41(73-44)21-40-29(3)37(54(75-40)52-53(64(93)97-7)57(85)51-31(5)42(76-55(51)52)22-43(36)72-39)13-15-47(82)67-17-19-98-99-27-46(63(91)92)78-60(87)45(24-49(84)68-18-20-100(94,95)96)74-48(83)16-14-38(62(89)90)77-59(86)33-9-11-34(12-10-33)69-25-35-26-70-58-56(71-35)61(88)80-65(66)79-58/h9-12,21-23,26,28-29,36-38,45-46,53,69,73,76H,8,13-20,24-25,27H2,1-7H3,(H,67,82)(H,68,84)(H,74,83)(H,77,86)(H,78,87)(H,89,90)(H,91,92)(H,94,95,96)(H3,66,70,79,80,88)/t28-,29+,36-,37+,38+,45+,46+,53?/m1/s1. The Morgan fingerprint density at radius 3 is 2.10 bits per heavy atom. The number of nitrogens with zero attached hydrogens (tertiary/aromatic N) is 5. The van der Waals surface area contributed by atoms with E-state index in [2.05, 4.69) is 75.7 Å². The van der Waals surface area contributed by atoms with E-state index >= 15 is 0 Å². The molecule has 5 aromatic heterocycles. The van der Waals surface area contributed by atoms with E-state index < -0.39 is 125 Å². The van der Waals surface area contributed by atoms with Crippen molar-refractivity contribution in [1.29, 1.82) is 0 Å². The van der Waals surface area contributed by atoms with Gasteiger partial charge in [0.25, 0.3) is 21.6 Å². The average Bonchev–Trinajstić information content (AvgIpc) is 1.56. The van der Waals surface area contributed by atoms with Crippen molar-refractivity contribution < 1.29 is 75.9 Å². The maximum atomic E-state index is 14.5. The molecule has 0 spiro atoms. The van der Waals surface area contributed by atoms with Gasteiger partial charge in [0, 0.05) is 117 Å². The number of H-pyrrole nitrogens is 3. The van der Waals surface area contributed by atoms with Crippen LogP contribution in [0, 0.1) is 13.8 Å². The number of aromatic nitrogens is 8. The number of amides is 5. The number of hydrogen-bond donors (Lipinski definition) is 13. The lowest BCUT2D eigenvalue weighted by Gasteiger charge is -2.22. The van der Waals surface area contributed by atoms with Crippen LogP contribution in [0.1, 0.15) is 172 Å². The van der Waals surface area contributed by atoms with Gasteiger partial charge in [-0.2, -0.15) is 13.4 Å². The number of nitrogens with one attached hydrogen (secondary N) is 9. The van der Waals surface area contributed by atoms with Crippen molar-refractivity contribution >= 4 is 136 Å². The van der Waals surface area contributed by atoms with Gasteiger partial charge in [-0.15, -0.1) is 0 Å². The Hall–Kier alpha value is -10.1. The minimum absolute atomic E-state index is 0.00652. The van der Waals surface area contributed by atoms with E-state index in [4.69, 9.17) is 25.0 Å². The number of carboxylic acids is 2. The molecule has 0 saturated carbocycles. The molecule has 2 aliphatic heterocycles. The average molecular weight is 1430 g/mol. The zero-order valence-corrected chi connectivity index (χ0v) is 57.8. The number of carbonyl (C=O) groups is 10. The highest BCUT2D eigenvalue weighted by atomic mass is 33.1. The third-order valence-electron chi connectivity index (χ3n) is 17.6. The summed E-state index contributed by atoms with van der Waals surface area (Å²) in [6.45, 7) is 10.8. The lowest BCUT2D eigenvalue weighted by atomic mass is 9.84. The van der Waals surface area contributed by atoms with E-state index in [-0.39, 0.29) is 89.6 Å². The highest BCUT2D eigenvalue weighted by Crippen LogP contribution is 2.48. The summed E-state index contributed by atoms with van der Waals surface area (Å²) in [5.74, 6) is -12.1. The monoisotopic (exact) mass is 1430 g/mol. The van der Waals surface area contributed by atoms with Crippen molar-refractivity contribution in [3.8, 4) is 0 Å². The number of benzene rings is 1. The van der Waals surface area contributed by atoms with Crippen LogP contribution in [0.2, 0.25) is 0 Å². The van der Waals surface area contributed by atoms with Crippen molar-refractivity contribution in [3.63, 3.8) is 0 Å². The summed E-state index contributed by atoms with van der Waals surface area (Å²) in [5.41, 5.74) is 13.2. The van der Waals surface area contributed by atoms with E-state index in [0.29, 0.717) is 72.7 Å². The Labute approximate surface area is 578 Å². The zero-order valence-electron chi connectivity index (χ0n) is 55.3. The molecule has 5 amide bonds. The van der Waals surface area contributed by atoms with Gasteiger partial charge in [-0.25, -0.2) is 19.6 Å². The van der Waals surface area contributed by atoms with Gasteiger partial charge in [0.05, 0.1) is 54.4 Å². The molecule has 9 rings (SSSR count). The molecular formula is C65H75N15O17S3. The second-order valence-corrected chi connectivity index (χ2v) is 28.5. The first-order valence-corrected chi connectivity index (χ1v) is 35.9. The molecule has 32 nitrogen and oxygen atoms in total. The first-order chi connectivity index (χ1) is 47.4. The van der Waals surface area contributed by atoms with Gasteiger partial charge in [-0.1, -0.05) is 42.4 Å². The summed E-state index contributed by atoms with van der Waals surface area (Å²) in [7, 11) is -1.17. The Kier molecular flexibility index (Phi) is 23.6. The molecule has 14 N–H and O–H groups in total. The van der Waals surface area contributed by atoms with Gasteiger partial charge in [0.1, 0.15) is 24.0 Å². The molecule has 1 aliphatic carbocycles. The molecule has 100 heavy (non-hydrogen) atoms. The molecule has 1 unspecified atom stereocenters. The molecule has 8 atom stereocenters. The quantitative estimate of drug-likeness (QED) is 0.00743. The summed E-state index contributed by atoms with van der Waals surface area (Å²) in [6.07, 6.45) is 0.259. The minimum atomic E-state index is -4.54. The molecule has 8 bridgehead atoms. The number of rotatable bonds is 30. The van der Waals surface area contributed by atoms with Crippen LogP contribution in [0.15, 0.2) is 53.5 Å². The topological polar surface area (TPSA) is 502 Å². The van der Waals surface area contributed by atoms with Crippen LogP contribution in [0.5, 0.6) is 0 Å². The van der Waals surface area contributed by atoms with Gasteiger partial charge < -0.3 is 62.6 Å². The van der Waals surface area contributed by atoms with E-state index in [0.717, 1.165) is 39.4 Å². The molecular weight excluding hydrogens is 1360 g/mol. The second-order valence-electron chi connectivity index (χ2n) is 24.3. The Morgan fingerprint density at radius 2 is 1.42 bits per heavy atom. The van der Waals surface area contributed by atoms with E-state index in [1.54, 1.807) is 0 Å². The number of fused-ring (bicyclic) bond motifs is 9. The molecule has 1 aromatic carbocycles. The molecule has 0 radical (unpaired) electrons. The number of methoxy groups -OCH3 is 1. The first-order valence-electron chi connectivity index (χ1n) is 31.8. The van der Waals surface area contributed by atoms with Crippen LogP contribution in [-0.4, -0.2) is 178 Å². The fourth-order valence-corrected chi connectivity index (χ4v) is 14.8. The first kappa shape index (κ1) is 74.1.